The number of thiophene rings is 1. The van der Waals surface area contributed by atoms with E-state index in [0.29, 0.717) is 12.0 Å². The van der Waals surface area contributed by atoms with E-state index in [1.165, 1.54) is 15.3 Å². The molecule has 0 aliphatic carbocycles. The molecule has 0 amide bonds. The van der Waals surface area contributed by atoms with Gasteiger partial charge < -0.3 is 5.32 Å². The standard InChI is InChI=1S/C15H20N2S/c1-4-13-5-6-14(18-13)15(16-3)11(2)12-7-9-17-10-8-12/h5-11,15-16H,4H2,1-3H3. The summed E-state index contributed by atoms with van der Waals surface area (Å²) < 4.78 is 0. The lowest BCUT2D eigenvalue weighted by atomic mass is 9.93. The number of hydrogen-bond donors (Lipinski definition) is 1. The normalized spacial score (nSPS) is 14.4. The van der Waals surface area contributed by atoms with E-state index >= 15 is 0 Å². The van der Waals surface area contributed by atoms with Gasteiger partial charge in [-0.05, 0) is 43.3 Å². The third-order valence-corrected chi connectivity index (χ3v) is 4.69. The van der Waals surface area contributed by atoms with Gasteiger partial charge in [-0.3, -0.25) is 4.98 Å². The molecule has 0 saturated carbocycles. The Bertz CT molecular complexity index is 478. The second kappa shape index (κ2) is 6.12. The molecule has 2 unspecified atom stereocenters. The molecular formula is C15H20N2S. The molecule has 2 aromatic rings. The minimum Gasteiger partial charge on any atom is -0.312 e. The third-order valence-electron chi connectivity index (χ3n) is 3.38. The summed E-state index contributed by atoms with van der Waals surface area (Å²) in [6.45, 7) is 4.47. The van der Waals surface area contributed by atoms with Crippen molar-refractivity contribution in [1.29, 1.82) is 0 Å². The lowest BCUT2D eigenvalue weighted by Crippen LogP contribution is -2.21. The van der Waals surface area contributed by atoms with E-state index in [4.69, 9.17) is 0 Å². The van der Waals surface area contributed by atoms with Crippen LogP contribution in [0.25, 0.3) is 0 Å². The Morgan fingerprint density at radius 3 is 2.50 bits per heavy atom. The highest BCUT2D eigenvalue weighted by molar-refractivity contribution is 7.12. The quantitative estimate of drug-likeness (QED) is 0.885. The van der Waals surface area contributed by atoms with Crippen LogP contribution in [-0.4, -0.2) is 12.0 Å². The fourth-order valence-electron chi connectivity index (χ4n) is 2.25. The highest BCUT2D eigenvalue weighted by atomic mass is 32.1. The van der Waals surface area contributed by atoms with Gasteiger partial charge in [0.1, 0.15) is 0 Å². The van der Waals surface area contributed by atoms with Crippen LogP contribution in [0.3, 0.4) is 0 Å². The maximum Gasteiger partial charge on any atom is 0.0479 e. The minimum atomic E-state index is 0.373. The number of nitrogens with one attached hydrogen (secondary N) is 1. The SMILES string of the molecule is CCc1ccc(C(NC)C(C)c2ccncc2)s1. The van der Waals surface area contributed by atoms with Crippen molar-refractivity contribution in [3.63, 3.8) is 0 Å². The van der Waals surface area contributed by atoms with Crippen molar-refractivity contribution in [2.75, 3.05) is 7.05 Å². The first-order chi connectivity index (χ1) is 8.76. The zero-order valence-electron chi connectivity index (χ0n) is 11.2. The van der Waals surface area contributed by atoms with Gasteiger partial charge in [0.15, 0.2) is 0 Å². The smallest absolute Gasteiger partial charge is 0.0479 e. The predicted molar refractivity (Wildman–Crippen MR) is 78.1 cm³/mol. The van der Waals surface area contributed by atoms with Crippen LogP contribution in [0.1, 0.15) is 41.1 Å². The topological polar surface area (TPSA) is 24.9 Å². The summed E-state index contributed by atoms with van der Waals surface area (Å²) in [5, 5.41) is 3.44. The number of aromatic nitrogens is 1. The van der Waals surface area contributed by atoms with Crippen molar-refractivity contribution in [3.8, 4) is 0 Å². The van der Waals surface area contributed by atoms with Gasteiger partial charge in [-0.1, -0.05) is 13.8 Å². The van der Waals surface area contributed by atoms with Crippen LogP contribution < -0.4 is 5.32 Å². The van der Waals surface area contributed by atoms with Crippen LogP contribution in [0.4, 0.5) is 0 Å². The van der Waals surface area contributed by atoms with E-state index in [1.807, 2.05) is 30.8 Å². The molecule has 0 aliphatic rings. The maximum absolute atomic E-state index is 4.09. The minimum absolute atomic E-state index is 0.373. The number of aryl methyl sites for hydroxylation is 1. The Hall–Kier alpha value is -1.19. The van der Waals surface area contributed by atoms with Crippen molar-refractivity contribution >= 4 is 11.3 Å². The zero-order valence-corrected chi connectivity index (χ0v) is 12.0. The van der Waals surface area contributed by atoms with Crippen molar-refractivity contribution in [2.24, 2.45) is 0 Å². The third kappa shape index (κ3) is 2.79. The largest absolute Gasteiger partial charge is 0.312 e. The summed E-state index contributed by atoms with van der Waals surface area (Å²) in [6.07, 6.45) is 4.85. The maximum atomic E-state index is 4.09. The monoisotopic (exact) mass is 260 g/mol. The molecule has 2 atom stereocenters. The Labute approximate surface area is 113 Å². The average molecular weight is 260 g/mol. The second-order valence-electron chi connectivity index (χ2n) is 4.49. The van der Waals surface area contributed by atoms with E-state index in [0.717, 1.165) is 6.42 Å². The van der Waals surface area contributed by atoms with E-state index < -0.39 is 0 Å². The number of rotatable bonds is 5. The molecule has 0 fully saturated rings. The number of hydrogen-bond acceptors (Lipinski definition) is 3. The van der Waals surface area contributed by atoms with Crippen LogP contribution in [0, 0.1) is 0 Å². The average Bonchev–Trinajstić information content (AvgIpc) is 2.89. The van der Waals surface area contributed by atoms with Crippen LogP contribution in [-0.2, 0) is 6.42 Å². The summed E-state index contributed by atoms with van der Waals surface area (Å²) in [6, 6.07) is 9.07. The Morgan fingerprint density at radius 1 is 1.22 bits per heavy atom. The Kier molecular flexibility index (Phi) is 4.50. The fourth-order valence-corrected chi connectivity index (χ4v) is 3.42. The molecule has 2 heterocycles. The first kappa shape index (κ1) is 13.2. The molecule has 0 aromatic carbocycles. The van der Waals surface area contributed by atoms with Gasteiger partial charge in [0, 0.05) is 34.1 Å². The van der Waals surface area contributed by atoms with Gasteiger partial charge in [-0.15, -0.1) is 11.3 Å². The number of pyridine rings is 1. The molecule has 96 valence electrons. The summed E-state index contributed by atoms with van der Waals surface area (Å²) in [4.78, 5) is 6.95. The Balaban J connectivity index is 2.23. The molecule has 2 rings (SSSR count). The summed E-state index contributed by atoms with van der Waals surface area (Å²) >= 11 is 1.91. The molecule has 0 spiro atoms. The molecule has 3 heteroatoms. The summed E-state index contributed by atoms with van der Waals surface area (Å²) in [7, 11) is 2.04. The molecule has 0 aliphatic heterocycles. The highest BCUT2D eigenvalue weighted by Gasteiger charge is 2.20. The van der Waals surface area contributed by atoms with E-state index in [9.17, 15) is 0 Å². The highest BCUT2D eigenvalue weighted by Crippen LogP contribution is 2.34. The summed E-state index contributed by atoms with van der Waals surface area (Å²) in [5.74, 6) is 0.446. The fraction of sp³-hybridized carbons (Fsp3) is 0.400. The zero-order chi connectivity index (χ0) is 13.0. The van der Waals surface area contributed by atoms with Crippen molar-refractivity contribution in [3.05, 3.63) is 52.0 Å². The molecule has 0 saturated heterocycles. The lowest BCUT2D eigenvalue weighted by molar-refractivity contribution is 0.515. The van der Waals surface area contributed by atoms with Crippen molar-refractivity contribution in [2.45, 2.75) is 32.2 Å². The molecule has 2 nitrogen and oxygen atoms in total. The predicted octanol–water partition coefficient (Wildman–Crippen LogP) is 3.77. The first-order valence-corrected chi connectivity index (χ1v) is 7.23. The number of nitrogens with zero attached hydrogens (tertiary/aromatic N) is 1. The van der Waals surface area contributed by atoms with Gasteiger partial charge in [-0.2, -0.15) is 0 Å². The van der Waals surface area contributed by atoms with E-state index in [-0.39, 0.29) is 0 Å². The van der Waals surface area contributed by atoms with Crippen LogP contribution in [0.15, 0.2) is 36.7 Å². The van der Waals surface area contributed by atoms with Gasteiger partial charge in [0.25, 0.3) is 0 Å². The first-order valence-electron chi connectivity index (χ1n) is 6.42. The second-order valence-corrected chi connectivity index (χ2v) is 5.69. The van der Waals surface area contributed by atoms with Crippen LogP contribution in [0.5, 0.6) is 0 Å². The Morgan fingerprint density at radius 2 is 1.94 bits per heavy atom. The van der Waals surface area contributed by atoms with Crippen LogP contribution in [0.2, 0.25) is 0 Å². The van der Waals surface area contributed by atoms with Gasteiger partial charge >= 0.3 is 0 Å². The number of likely N-dealkylation sites (N-methyl/N-ethyl adjacent to an activating group) is 1. The molecule has 18 heavy (non-hydrogen) atoms. The molecule has 0 bridgehead atoms. The van der Waals surface area contributed by atoms with E-state index in [1.54, 1.807) is 0 Å². The van der Waals surface area contributed by atoms with Gasteiger partial charge in [0.05, 0.1) is 0 Å². The van der Waals surface area contributed by atoms with Gasteiger partial charge in [0.2, 0.25) is 0 Å². The lowest BCUT2D eigenvalue weighted by Gasteiger charge is -2.22. The van der Waals surface area contributed by atoms with Crippen molar-refractivity contribution in [1.82, 2.24) is 10.3 Å². The van der Waals surface area contributed by atoms with Gasteiger partial charge in [-0.25, -0.2) is 0 Å². The molecule has 0 radical (unpaired) electrons. The molecule has 1 N–H and O–H groups in total. The molecule has 2 aromatic heterocycles. The van der Waals surface area contributed by atoms with E-state index in [2.05, 4.69) is 48.4 Å². The molecular weight excluding hydrogens is 240 g/mol. The van der Waals surface area contributed by atoms with Crippen LogP contribution >= 0.6 is 11.3 Å². The summed E-state index contributed by atoms with van der Waals surface area (Å²) in [5.41, 5.74) is 1.33. The van der Waals surface area contributed by atoms with Crippen molar-refractivity contribution < 1.29 is 0 Å².